The van der Waals surface area contributed by atoms with Crippen LogP contribution in [0.1, 0.15) is 43.1 Å². The lowest BCUT2D eigenvalue weighted by Crippen LogP contribution is -2.53. The fourth-order valence-electron chi connectivity index (χ4n) is 3.72. The number of hydrogen-bond donors (Lipinski definition) is 1. The van der Waals surface area contributed by atoms with E-state index in [4.69, 9.17) is 0 Å². The van der Waals surface area contributed by atoms with Gasteiger partial charge in [0.05, 0.1) is 11.9 Å². The van der Waals surface area contributed by atoms with Crippen molar-refractivity contribution in [3.8, 4) is 0 Å². The molecule has 1 saturated heterocycles. The van der Waals surface area contributed by atoms with Gasteiger partial charge in [-0.2, -0.15) is 10.2 Å². The van der Waals surface area contributed by atoms with Gasteiger partial charge in [0.25, 0.3) is 5.91 Å². The first-order valence-corrected chi connectivity index (χ1v) is 9.54. The third-order valence-electron chi connectivity index (χ3n) is 5.31. The maximum atomic E-state index is 12.9. The monoisotopic (exact) mass is 372 g/mol. The molecule has 2 aromatic rings. The number of rotatable bonds is 6. The lowest BCUT2D eigenvalue weighted by Gasteiger charge is -2.32. The molecule has 1 N–H and O–H groups in total. The van der Waals surface area contributed by atoms with E-state index < -0.39 is 6.04 Å². The van der Waals surface area contributed by atoms with Crippen LogP contribution in [-0.4, -0.2) is 44.0 Å². The Hall–Kier alpha value is -2.64. The smallest absolute Gasteiger partial charge is 0.250 e. The number of piperidine rings is 1. The Morgan fingerprint density at radius 1 is 1.37 bits per heavy atom. The zero-order valence-electron chi connectivity index (χ0n) is 16.5. The molecule has 0 aliphatic carbocycles. The quantitative estimate of drug-likeness (QED) is 0.833. The average Bonchev–Trinajstić information content (AvgIpc) is 3.20. The number of aryl methyl sites for hydroxylation is 3. The van der Waals surface area contributed by atoms with Gasteiger partial charge in [-0.1, -0.05) is 0 Å². The van der Waals surface area contributed by atoms with E-state index in [0.29, 0.717) is 32.4 Å². The Kier molecular flexibility index (Phi) is 5.62. The molecular formula is C19H28N6O2. The SMILES string of the molecule is CCn1nccc1N1CCC[C@@H](NC(=O)CCc2c(C)nn(C)c2C)C1=O. The van der Waals surface area contributed by atoms with Crippen LogP contribution < -0.4 is 10.2 Å². The first kappa shape index (κ1) is 19.1. The molecule has 0 aromatic carbocycles. The van der Waals surface area contributed by atoms with Crippen LogP contribution in [0.5, 0.6) is 0 Å². The van der Waals surface area contributed by atoms with Crippen LogP contribution in [-0.2, 0) is 29.6 Å². The number of carbonyl (C=O) groups is 2. The van der Waals surface area contributed by atoms with Crippen molar-refractivity contribution in [3.63, 3.8) is 0 Å². The van der Waals surface area contributed by atoms with E-state index in [9.17, 15) is 9.59 Å². The third-order valence-corrected chi connectivity index (χ3v) is 5.31. The molecule has 3 rings (SSSR count). The number of nitrogens with one attached hydrogen (secondary N) is 1. The van der Waals surface area contributed by atoms with Crippen molar-refractivity contribution < 1.29 is 9.59 Å². The van der Waals surface area contributed by atoms with Gasteiger partial charge in [0.2, 0.25) is 5.91 Å². The molecule has 1 aliphatic rings. The minimum atomic E-state index is -0.470. The van der Waals surface area contributed by atoms with Gasteiger partial charge >= 0.3 is 0 Å². The molecule has 3 heterocycles. The zero-order chi connectivity index (χ0) is 19.6. The van der Waals surface area contributed by atoms with E-state index in [1.165, 1.54) is 0 Å². The number of anilines is 1. The molecule has 2 amide bonds. The van der Waals surface area contributed by atoms with Gasteiger partial charge in [0.15, 0.2) is 0 Å². The molecule has 0 spiro atoms. The second kappa shape index (κ2) is 7.94. The third kappa shape index (κ3) is 3.89. The molecular weight excluding hydrogens is 344 g/mol. The Morgan fingerprint density at radius 2 is 2.15 bits per heavy atom. The second-order valence-corrected chi connectivity index (χ2v) is 7.03. The van der Waals surface area contributed by atoms with Gasteiger partial charge in [-0.25, -0.2) is 4.68 Å². The number of hydrogen-bond acceptors (Lipinski definition) is 4. The van der Waals surface area contributed by atoms with Gasteiger partial charge < -0.3 is 5.32 Å². The van der Waals surface area contributed by atoms with E-state index in [-0.39, 0.29) is 11.8 Å². The van der Waals surface area contributed by atoms with Gasteiger partial charge in [-0.3, -0.25) is 19.2 Å². The minimum Gasteiger partial charge on any atom is -0.344 e. The fraction of sp³-hybridized carbons (Fsp3) is 0.579. The molecule has 8 heteroatoms. The molecule has 1 fully saturated rings. The van der Waals surface area contributed by atoms with Crippen molar-refractivity contribution >= 4 is 17.6 Å². The molecule has 0 unspecified atom stereocenters. The maximum absolute atomic E-state index is 12.9. The molecule has 1 atom stereocenters. The molecule has 27 heavy (non-hydrogen) atoms. The number of carbonyl (C=O) groups excluding carboxylic acids is 2. The van der Waals surface area contributed by atoms with Crippen LogP contribution in [0.15, 0.2) is 12.3 Å². The number of aromatic nitrogens is 4. The predicted octanol–water partition coefficient (Wildman–Crippen LogP) is 1.50. The summed E-state index contributed by atoms with van der Waals surface area (Å²) in [6.45, 7) is 7.32. The highest BCUT2D eigenvalue weighted by atomic mass is 16.2. The van der Waals surface area contributed by atoms with E-state index in [2.05, 4.69) is 15.5 Å². The fourth-order valence-corrected chi connectivity index (χ4v) is 3.72. The standard InChI is InChI=1S/C19H28N6O2/c1-5-25-18(10-11-20-25)24-12-6-7-16(19(24)27)21-17(26)9-8-15-13(2)22-23(4)14(15)3/h10-11,16H,5-9,12H2,1-4H3,(H,21,26)/t16-/m1/s1. The van der Waals surface area contributed by atoms with Crippen molar-refractivity contribution in [1.29, 1.82) is 0 Å². The second-order valence-electron chi connectivity index (χ2n) is 7.03. The van der Waals surface area contributed by atoms with Crippen LogP contribution in [0, 0.1) is 13.8 Å². The van der Waals surface area contributed by atoms with E-state index in [0.717, 1.165) is 29.2 Å². The highest BCUT2D eigenvalue weighted by Crippen LogP contribution is 2.21. The van der Waals surface area contributed by atoms with Crippen LogP contribution in [0.3, 0.4) is 0 Å². The molecule has 1 aliphatic heterocycles. The summed E-state index contributed by atoms with van der Waals surface area (Å²) in [5.41, 5.74) is 3.14. The summed E-state index contributed by atoms with van der Waals surface area (Å²) >= 11 is 0. The lowest BCUT2D eigenvalue weighted by atomic mass is 10.0. The van der Waals surface area contributed by atoms with E-state index >= 15 is 0 Å². The van der Waals surface area contributed by atoms with Crippen molar-refractivity contribution in [2.24, 2.45) is 7.05 Å². The molecule has 0 bridgehead atoms. The number of amides is 2. The largest absolute Gasteiger partial charge is 0.344 e. The lowest BCUT2D eigenvalue weighted by molar-refractivity contribution is -0.128. The maximum Gasteiger partial charge on any atom is 0.250 e. The van der Waals surface area contributed by atoms with Gasteiger partial charge in [0.1, 0.15) is 11.9 Å². The summed E-state index contributed by atoms with van der Waals surface area (Å²) in [4.78, 5) is 27.1. The molecule has 2 aromatic heterocycles. The molecule has 0 saturated carbocycles. The van der Waals surface area contributed by atoms with Crippen molar-refractivity contribution in [2.45, 2.75) is 59.0 Å². The predicted molar refractivity (Wildman–Crippen MR) is 102 cm³/mol. The van der Waals surface area contributed by atoms with Gasteiger partial charge in [-0.15, -0.1) is 0 Å². The molecule has 8 nitrogen and oxygen atoms in total. The average molecular weight is 372 g/mol. The Morgan fingerprint density at radius 3 is 2.81 bits per heavy atom. The van der Waals surface area contributed by atoms with Crippen molar-refractivity contribution in [1.82, 2.24) is 24.9 Å². The van der Waals surface area contributed by atoms with Crippen LogP contribution in [0.4, 0.5) is 5.82 Å². The topological polar surface area (TPSA) is 85.1 Å². The van der Waals surface area contributed by atoms with Gasteiger partial charge in [-0.05, 0) is 45.6 Å². The highest BCUT2D eigenvalue weighted by molar-refractivity contribution is 5.99. The Bertz CT molecular complexity index is 837. The number of nitrogens with zero attached hydrogens (tertiary/aromatic N) is 5. The minimum absolute atomic E-state index is 0.0569. The highest BCUT2D eigenvalue weighted by Gasteiger charge is 2.32. The zero-order valence-corrected chi connectivity index (χ0v) is 16.5. The van der Waals surface area contributed by atoms with Crippen molar-refractivity contribution in [2.75, 3.05) is 11.4 Å². The van der Waals surface area contributed by atoms with Crippen molar-refractivity contribution in [3.05, 3.63) is 29.2 Å². The Balaban J connectivity index is 1.61. The van der Waals surface area contributed by atoms with E-state index in [1.54, 1.807) is 15.8 Å². The summed E-state index contributed by atoms with van der Waals surface area (Å²) in [6.07, 6.45) is 4.21. The first-order chi connectivity index (χ1) is 12.9. The van der Waals surface area contributed by atoms with Crippen LogP contribution in [0.25, 0.3) is 0 Å². The summed E-state index contributed by atoms with van der Waals surface area (Å²) < 4.78 is 3.64. The van der Waals surface area contributed by atoms with E-state index in [1.807, 2.05) is 38.6 Å². The summed E-state index contributed by atoms with van der Waals surface area (Å²) in [5, 5.41) is 11.6. The van der Waals surface area contributed by atoms with Gasteiger partial charge in [0, 0.05) is 38.3 Å². The summed E-state index contributed by atoms with van der Waals surface area (Å²) in [6, 6.07) is 1.38. The Labute approximate surface area is 159 Å². The summed E-state index contributed by atoms with van der Waals surface area (Å²) in [7, 11) is 1.90. The normalized spacial score (nSPS) is 17.4. The first-order valence-electron chi connectivity index (χ1n) is 9.54. The molecule has 0 radical (unpaired) electrons. The van der Waals surface area contributed by atoms with Crippen LogP contribution >= 0.6 is 0 Å². The molecule has 146 valence electrons. The summed E-state index contributed by atoms with van der Waals surface area (Å²) in [5.74, 6) is 0.642. The van der Waals surface area contributed by atoms with Crippen LogP contribution in [0.2, 0.25) is 0 Å².